The molecule has 1 aliphatic heterocycles. The summed E-state index contributed by atoms with van der Waals surface area (Å²) in [6.07, 6.45) is 0. The Labute approximate surface area is 119 Å². The maximum atomic E-state index is 13.6. The summed E-state index contributed by atoms with van der Waals surface area (Å²) in [6.45, 7) is 0.932. The highest BCUT2D eigenvalue weighted by molar-refractivity contribution is 5.94. The van der Waals surface area contributed by atoms with Gasteiger partial charge in [0.25, 0.3) is 5.91 Å². The van der Waals surface area contributed by atoms with Gasteiger partial charge in [-0.15, -0.1) is 0 Å². The first kappa shape index (κ1) is 13.2. The van der Waals surface area contributed by atoms with Crippen LogP contribution in [0.3, 0.4) is 0 Å². The predicted molar refractivity (Wildman–Crippen MR) is 73.1 cm³/mol. The molecule has 2 aromatic carbocycles. The van der Waals surface area contributed by atoms with Crippen LogP contribution in [0.5, 0.6) is 0 Å². The Hall–Kier alpha value is -2.76. The third-order valence-corrected chi connectivity index (χ3v) is 3.52. The maximum absolute atomic E-state index is 13.6. The van der Waals surface area contributed by atoms with Crippen LogP contribution in [0.15, 0.2) is 42.5 Å². The Kier molecular flexibility index (Phi) is 3.13. The molecule has 0 bridgehead atoms. The summed E-state index contributed by atoms with van der Waals surface area (Å²) in [6, 6.07) is 10.9. The van der Waals surface area contributed by atoms with Gasteiger partial charge in [-0.1, -0.05) is 24.3 Å². The Morgan fingerprint density at radius 1 is 1.14 bits per heavy atom. The fourth-order valence-electron chi connectivity index (χ4n) is 2.45. The van der Waals surface area contributed by atoms with E-state index in [9.17, 15) is 19.3 Å². The molecule has 5 nitrogen and oxygen atoms in total. The molecule has 6 heteroatoms. The van der Waals surface area contributed by atoms with Gasteiger partial charge < -0.3 is 4.90 Å². The van der Waals surface area contributed by atoms with Crippen molar-refractivity contribution in [2.75, 3.05) is 0 Å². The monoisotopic (exact) mass is 286 g/mol. The van der Waals surface area contributed by atoms with Crippen molar-refractivity contribution in [1.29, 1.82) is 0 Å². The zero-order chi connectivity index (χ0) is 15.0. The van der Waals surface area contributed by atoms with E-state index in [0.717, 1.165) is 23.3 Å². The largest absolute Gasteiger partial charge is 0.330 e. The summed E-state index contributed by atoms with van der Waals surface area (Å²) in [5, 5.41) is 10.6. The second-order valence-electron chi connectivity index (χ2n) is 4.85. The molecule has 0 saturated heterocycles. The summed E-state index contributed by atoms with van der Waals surface area (Å²) in [5.74, 6) is -1.33. The van der Waals surface area contributed by atoms with Crippen molar-refractivity contribution < 1.29 is 14.1 Å². The molecule has 2 aromatic rings. The van der Waals surface area contributed by atoms with Crippen LogP contribution in [0.25, 0.3) is 0 Å². The van der Waals surface area contributed by atoms with E-state index in [1.807, 2.05) is 24.3 Å². The van der Waals surface area contributed by atoms with Crippen LogP contribution in [0.1, 0.15) is 21.5 Å². The van der Waals surface area contributed by atoms with E-state index in [1.165, 1.54) is 6.07 Å². The molecule has 106 valence electrons. The van der Waals surface area contributed by atoms with Gasteiger partial charge in [0, 0.05) is 24.7 Å². The topological polar surface area (TPSA) is 63.4 Å². The van der Waals surface area contributed by atoms with Crippen LogP contribution < -0.4 is 0 Å². The zero-order valence-corrected chi connectivity index (χ0v) is 11.0. The zero-order valence-electron chi connectivity index (χ0n) is 11.0. The molecule has 0 N–H and O–H groups in total. The number of nitro groups is 1. The van der Waals surface area contributed by atoms with Gasteiger partial charge in [-0.25, -0.2) is 0 Å². The van der Waals surface area contributed by atoms with Crippen molar-refractivity contribution in [2.24, 2.45) is 0 Å². The van der Waals surface area contributed by atoms with Crippen molar-refractivity contribution in [3.63, 3.8) is 0 Å². The van der Waals surface area contributed by atoms with Gasteiger partial charge in [-0.3, -0.25) is 14.9 Å². The van der Waals surface area contributed by atoms with Crippen LogP contribution in [0, 0.1) is 15.9 Å². The Balaban J connectivity index is 1.84. The van der Waals surface area contributed by atoms with Gasteiger partial charge >= 0.3 is 5.69 Å². The normalized spacial score (nSPS) is 13.1. The minimum Gasteiger partial charge on any atom is -0.330 e. The van der Waals surface area contributed by atoms with Gasteiger partial charge in [0.05, 0.1) is 4.92 Å². The second kappa shape index (κ2) is 4.97. The lowest BCUT2D eigenvalue weighted by molar-refractivity contribution is -0.387. The molecule has 0 spiro atoms. The number of hydrogen-bond acceptors (Lipinski definition) is 3. The average molecular weight is 286 g/mol. The van der Waals surface area contributed by atoms with Crippen molar-refractivity contribution in [2.45, 2.75) is 13.1 Å². The number of rotatable bonds is 2. The molecular weight excluding hydrogens is 275 g/mol. The van der Waals surface area contributed by atoms with Crippen molar-refractivity contribution in [1.82, 2.24) is 4.90 Å². The molecule has 1 amide bonds. The third kappa shape index (κ3) is 2.35. The fraction of sp³-hybridized carbons (Fsp3) is 0.133. The minimum atomic E-state index is -0.998. The summed E-state index contributed by atoms with van der Waals surface area (Å²) >= 11 is 0. The highest BCUT2D eigenvalue weighted by atomic mass is 19.1. The van der Waals surface area contributed by atoms with Crippen LogP contribution >= 0.6 is 0 Å². The quantitative estimate of drug-likeness (QED) is 0.630. The molecule has 1 aliphatic rings. The van der Waals surface area contributed by atoms with Gasteiger partial charge in [0.15, 0.2) is 0 Å². The summed E-state index contributed by atoms with van der Waals surface area (Å²) in [5.41, 5.74) is 1.61. The predicted octanol–water partition coefficient (Wildman–Crippen LogP) is 2.89. The lowest BCUT2D eigenvalue weighted by atomic mass is 10.1. The van der Waals surface area contributed by atoms with Crippen molar-refractivity contribution in [3.05, 3.63) is 75.1 Å². The van der Waals surface area contributed by atoms with E-state index in [1.54, 1.807) is 4.90 Å². The number of benzene rings is 2. The SMILES string of the molecule is O=C(c1ccc([N+](=O)[O-])c(F)c1)N1Cc2ccccc2C1. The van der Waals surface area contributed by atoms with Crippen LogP contribution in [0.4, 0.5) is 10.1 Å². The second-order valence-corrected chi connectivity index (χ2v) is 4.85. The molecule has 0 aliphatic carbocycles. The highest BCUT2D eigenvalue weighted by Gasteiger charge is 2.25. The molecule has 0 unspecified atom stereocenters. The van der Waals surface area contributed by atoms with Gasteiger partial charge in [-0.05, 0) is 23.3 Å². The van der Waals surface area contributed by atoms with Crippen LogP contribution in [0.2, 0.25) is 0 Å². The lowest BCUT2D eigenvalue weighted by Crippen LogP contribution is -2.25. The minimum absolute atomic E-state index is 0.117. The highest BCUT2D eigenvalue weighted by Crippen LogP contribution is 2.25. The van der Waals surface area contributed by atoms with E-state index in [2.05, 4.69) is 0 Å². The summed E-state index contributed by atoms with van der Waals surface area (Å²) in [4.78, 5) is 23.7. The number of hydrogen-bond donors (Lipinski definition) is 0. The molecule has 0 atom stereocenters. The standard InChI is InChI=1S/C15H11FN2O3/c16-13-7-10(5-6-14(13)18(20)21)15(19)17-8-11-3-1-2-4-12(11)9-17/h1-7H,8-9H2. The molecule has 3 rings (SSSR count). The number of amides is 1. The van der Waals surface area contributed by atoms with E-state index < -0.39 is 16.4 Å². The Morgan fingerprint density at radius 3 is 2.29 bits per heavy atom. The first-order chi connectivity index (χ1) is 10.1. The molecular formula is C15H11FN2O3. The number of nitrogens with zero attached hydrogens (tertiary/aromatic N) is 2. The van der Waals surface area contributed by atoms with Gasteiger partial charge in [0.1, 0.15) is 0 Å². The van der Waals surface area contributed by atoms with Crippen molar-refractivity contribution >= 4 is 11.6 Å². The molecule has 21 heavy (non-hydrogen) atoms. The van der Waals surface area contributed by atoms with Crippen molar-refractivity contribution in [3.8, 4) is 0 Å². The van der Waals surface area contributed by atoms with Crippen LogP contribution in [-0.4, -0.2) is 15.7 Å². The molecule has 0 saturated carbocycles. The summed E-state index contributed by atoms with van der Waals surface area (Å²) < 4.78 is 13.6. The van der Waals surface area contributed by atoms with E-state index in [-0.39, 0.29) is 11.5 Å². The van der Waals surface area contributed by atoms with Gasteiger partial charge in [0.2, 0.25) is 5.82 Å². The molecule has 0 fully saturated rings. The maximum Gasteiger partial charge on any atom is 0.304 e. The number of carbonyl (C=O) groups excluding carboxylic acids is 1. The van der Waals surface area contributed by atoms with Gasteiger partial charge in [-0.2, -0.15) is 4.39 Å². The van der Waals surface area contributed by atoms with E-state index in [0.29, 0.717) is 13.1 Å². The number of nitro benzene ring substituents is 1. The average Bonchev–Trinajstić information content (AvgIpc) is 2.89. The molecule has 0 aromatic heterocycles. The molecule has 1 heterocycles. The number of carbonyl (C=O) groups is 1. The Bertz CT molecular complexity index is 720. The van der Waals surface area contributed by atoms with Crippen LogP contribution in [-0.2, 0) is 13.1 Å². The third-order valence-electron chi connectivity index (χ3n) is 3.52. The number of fused-ring (bicyclic) bond motifs is 1. The Morgan fingerprint density at radius 2 is 1.76 bits per heavy atom. The number of halogens is 1. The molecule has 0 radical (unpaired) electrons. The summed E-state index contributed by atoms with van der Waals surface area (Å²) in [7, 11) is 0. The fourth-order valence-corrected chi connectivity index (χ4v) is 2.45. The van der Waals surface area contributed by atoms with E-state index >= 15 is 0 Å². The first-order valence-electron chi connectivity index (χ1n) is 6.36. The first-order valence-corrected chi connectivity index (χ1v) is 6.36. The lowest BCUT2D eigenvalue weighted by Gasteiger charge is -2.15. The van der Waals surface area contributed by atoms with E-state index in [4.69, 9.17) is 0 Å². The smallest absolute Gasteiger partial charge is 0.304 e.